The molecule has 0 bridgehead atoms. The fourth-order valence-corrected chi connectivity index (χ4v) is 6.07. The summed E-state index contributed by atoms with van der Waals surface area (Å²) in [5.41, 5.74) is 6.35. The molecule has 4 heterocycles. The normalized spacial score (nSPS) is 23.1. The second kappa shape index (κ2) is 9.67. The number of ether oxygens (including phenoxy) is 2. The molecule has 2 saturated heterocycles. The zero-order valence-corrected chi connectivity index (χ0v) is 19.8. The van der Waals surface area contributed by atoms with Crippen LogP contribution >= 0.6 is 11.8 Å². The first kappa shape index (κ1) is 22.7. The van der Waals surface area contributed by atoms with Gasteiger partial charge in [0.1, 0.15) is 17.0 Å². The Hall–Kier alpha value is -3.05. The molecule has 3 aliphatic rings. The first-order valence-corrected chi connectivity index (χ1v) is 12.3. The van der Waals surface area contributed by atoms with E-state index in [2.05, 4.69) is 45.2 Å². The molecule has 0 spiro atoms. The highest BCUT2D eigenvalue weighted by Crippen LogP contribution is 2.46. The molecule has 5 rings (SSSR count). The van der Waals surface area contributed by atoms with Gasteiger partial charge in [0.15, 0.2) is 0 Å². The van der Waals surface area contributed by atoms with Crippen molar-refractivity contribution in [2.75, 3.05) is 38.2 Å². The lowest BCUT2D eigenvalue weighted by molar-refractivity contribution is 0.0714. The molecule has 180 valence electrons. The van der Waals surface area contributed by atoms with E-state index < -0.39 is 17.7 Å². The average Bonchev–Trinajstić information content (AvgIpc) is 3.49. The summed E-state index contributed by atoms with van der Waals surface area (Å²) in [6, 6.07) is 10.4. The molecule has 0 saturated carbocycles. The summed E-state index contributed by atoms with van der Waals surface area (Å²) in [6.07, 6.45) is 3.83. The van der Waals surface area contributed by atoms with Crippen molar-refractivity contribution < 1.29 is 19.1 Å². The highest BCUT2D eigenvalue weighted by Gasteiger charge is 2.42. The summed E-state index contributed by atoms with van der Waals surface area (Å²) in [5, 5.41) is 0.476. The van der Waals surface area contributed by atoms with Gasteiger partial charge in [0.2, 0.25) is 11.4 Å². The second-order valence-corrected chi connectivity index (χ2v) is 9.69. The van der Waals surface area contributed by atoms with Crippen molar-refractivity contribution in [1.29, 1.82) is 0 Å². The molecule has 2 fully saturated rings. The molecule has 3 aliphatic heterocycles. The van der Waals surface area contributed by atoms with Crippen molar-refractivity contribution in [3.8, 4) is 5.88 Å². The maximum absolute atomic E-state index is 12.9. The van der Waals surface area contributed by atoms with Crippen LogP contribution in [0.5, 0.6) is 5.88 Å². The highest BCUT2D eigenvalue weighted by atomic mass is 32.2. The van der Waals surface area contributed by atoms with Gasteiger partial charge in [-0.05, 0) is 49.1 Å². The van der Waals surface area contributed by atoms with E-state index in [1.165, 1.54) is 25.4 Å². The minimum atomic E-state index is -0.950. The summed E-state index contributed by atoms with van der Waals surface area (Å²) in [5.74, 6) is 0.778. The molecule has 1 aromatic carbocycles. The Morgan fingerprint density at radius 1 is 1.09 bits per heavy atom. The molecule has 0 aliphatic carbocycles. The van der Waals surface area contributed by atoms with E-state index in [9.17, 15) is 9.59 Å². The number of hydrogen-bond donors (Lipinski definition) is 1. The van der Waals surface area contributed by atoms with Crippen LogP contribution in [0.15, 0.2) is 41.7 Å². The Balaban J connectivity index is 1.16. The van der Waals surface area contributed by atoms with Gasteiger partial charge in [0.05, 0.1) is 7.11 Å². The number of rotatable bonds is 4. The number of likely N-dealkylation sites (tertiary alicyclic amines) is 2. The smallest absolute Gasteiger partial charge is 0.412 e. The zero-order chi connectivity index (χ0) is 23.7. The number of fused-ring (bicyclic) bond motifs is 1. The maximum Gasteiger partial charge on any atom is 0.412 e. The summed E-state index contributed by atoms with van der Waals surface area (Å²) in [4.78, 5) is 38.7. The van der Waals surface area contributed by atoms with Crippen LogP contribution in [0, 0.1) is 0 Å². The third kappa shape index (κ3) is 4.37. The lowest BCUT2D eigenvalue weighted by Gasteiger charge is -2.37. The monoisotopic (exact) mass is 484 g/mol. The Labute approximate surface area is 202 Å². The number of piperidine rings is 1. The minimum Gasteiger partial charge on any atom is -0.479 e. The maximum atomic E-state index is 12.9. The van der Waals surface area contributed by atoms with Crippen LogP contribution in [-0.2, 0) is 4.74 Å². The number of aromatic nitrogens is 2. The van der Waals surface area contributed by atoms with Crippen LogP contribution in [0.3, 0.4) is 0 Å². The zero-order valence-electron chi connectivity index (χ0n) is 19.0. The molecule has 2 aromatic rings. The molecule has 1 aromatic heterocycles. The molecular formula is C23H28N6O4S. The van der Waals surface area contributed by atoms with E-state index in [1.54, 1.807) is 4.90 Å². The molecule has 2 unspecified atom stereocenters. The van der Waals surface area contributed by atoms with Crippen molar-refractivity contribution in [3.63, 3.8) is 0 Å². The van der Waals surface area contributed by atoms with Gasteiger partial charge in [0, 0.05) is 25.7 Å². The van der Waals surface area contributed by atoms with Gasteiger partial charge in [-0.2, -0.15) is 4.98 Å². The predicted molar refractivity (Wildman–Crippen MR) is 127 cm³/mol. The van der Waals surface area contributed by atoms with Crippen molar-refractivity contribution in [2.24, 2.45) is 5.73 Å². The van der Waals surface area contributed by atoms with Gasteiger partial charge < -0.3 is 20.1 Å². The molecule has 2 N–H and O–H groups in total. The Morgan fingerprint density at radius 3 is 2.56 bits per heavy atom. The highest BCUT2D eigenvalue weighted by molar-refractivity contribution is 8.00. The predicted octanol–water partition coefficient (Wildman–Crippen LogP) is 2.85. The van der Waals surface area contributed by atoms with E-state index in [0.717, 1.165) is 42.6 Å². The van der Waals surface area contributed by atoms with Crippen LogP contribution in [0.4, 0.5) is 15.3 Å². The second-order valence-electron chi connectivity index (χ2n) is 8.66. The molecule has 2 atom stereocenters. The minimum absolute atomic E-state index is 0.204. The lowest BCUT2D eigenvalue weighted by atomic mass is 9.98. The van der Waals surface area contributed by atoms with Crippen molar-refractivity contribution in [3.05, 3.63) is 42.2 Å². The topological polar surface area (TPSA) is 114 Å². The van der Waals surface area contributed by atoms with E-state index in [4.69, 9.17) is 15.2 Å². The third-order valence-corrected chi connectivity index (χ3v) is 7.81. The van der Waals surface area contributed by atoms with Crippen LogP contribution in [0.25, 0.3) is 0 Å². The molecule has 3 amide bonds. The van der Waals surface area contributed by atoms with E-state index in [0.29, 0.717) is 35.8 Å². The molecule has 34 heavy (non-hydrogen) atoms. The van der Waals surface area contributed by atoms with Crippen molar-refractivity contribution in [1.82, 2.24) is 19.8 Å². The number of nitrogens with zero attached hydrogens (tertiary/aromatic N) is 5. The SMILES string of the molecule is COc1ncnc2c1N(C(N)=O)C(OC(=O)N1CCC(N3CCC(c4ccccc4)C3)CC1)S2. The number of hydrogen-bond acceptors (Lipinski definition) is 8. The van der Waals surface area contributed by atoms with Gasteiger partial charge in [-0.1, -0.05) is 30.3 Å². The summed E-state index contributed by atoms with van der Waals surface area (Å²) in [7, 11) is 1.44. The number of carbonyl (C=O) groups is 2. The van der Waals surface area contributed by atoms with Crippen LogP contribution in [0.1, 0.15) is 30.7 Å². The standard InChI is InChI=1S/C23H28N6O4S/c1-32-19-18-20(26-14-25-19)34-23(29(18)21(24)30)33-22(31)27-11-8-17(9-12-27)28-10-7-16(13-28)15-5-3-2-4-6-15/h2-6,14,16-17,23H,7-13H2,1H3,(H2,24,30). The fourth-order valence-electron chi connectivity index (χ4n) is 5.02. The van der Waals surface area contributed by atoms with Crippen LogP contribution in [0.2, 0.25) is 0 Å². The number of primary amides is 1. The molecule has 0 radical (unpaired) electrons. The Kier molecular flexibility index (Phi) is 6.46. The quantitative estimate of drug-likeness (QED) is 0.659. The molecular weight excluding hydrogens is 456 g/mol. The van der Waals surface area contributed by atoms with Crippen LogP contribution in [-0.4, -0.2) is 76.8 Å². The number of anilines is 1. The fraction of sp³-hybridized carbons (Fsp3) is 0.478. The van der Waals surface area contributed by atoms with Crippen LogP contribution < -0.4 is 15.4 Å². The third-order valence-electron chi connectivity index (χ3n) is 6.78. The van der Waals surface area contributed by atoms with E-state index in [1.807, 2.05) is 0 Å². The number of methoxy groups -OCH3 is 1. The number of amides is 3. The van der Waals surface area contributed by atoms with Gasteiger partial charge in [-0.25, -0.2) is 19.5 Å². The summed E-state index contributed by atoms with van der Waals surface area (Å²) < 4.78 is 10.9. The largest absolute Gasteiger partial charge is 0.479 e. The van der Waals surface area contributed by atoms with E-state index >= 15 is 0 Å². The number of thioether (sulfide) groups is 1. The Morgan fingerprint density at radius 2 is 1.85 bits per heavy atom. The average molecular weight is 485 g/mol. The number of benzene rings is 1. The lowest BCUT2D eigenvalue weighted by Crippen LogP contribution is -2.48. The first-order chi connectivity index (χ1) is 16.5. The number of nitrogens with two attached hydrogens (primary N) is 1. The number of carbonyl (C=O) groups excluding carboxylic acids is 2. The summed E-state index contributed by atoms with van der Waals surface area (Å²) >= 11 is 1.13. The Bertz CT molecular complexity index is 1050. The first-order valence-electron chi connectivity index (χ1n) is 11.4. The van der Waals surface area contributed by atoms with Gasteiger partial charge in [0.25, 0.3) is 0 Å². The van der Waals surface area contributed by atoms with Gasteiger partial charge in [-0.15, -0.1) is 0 Å². The van der Waals surface area contributed by atoms with Crippen molar-refractivity contribution >= 4 is 29.6 Å². The van der Waals surface area contributed by atoms with Crippen molar-refractivity contribution in [2.45, 2.75) is 41.8 Å². The van der Waals surface area contributed by atoms with E-state index in [-0.39, 0.29) is 5.88 Å². The summed E-state index contributed by atoms with van der Waals surface area (Å²) in [6.45, 7) is 3.37. The van der Waals surface area contributed by atoms with Gasteiger partial charge >= 0.3 is 12.1 Å². The molecule has 10 nitrogen and oxygen atoms in total. The van der Waals surface area contributed by atoms with Gasteiger partial charge in [-0.3, -0.25) is 4.90 Å². The number of urea groups is 1. The molecule has 11 heteroatoms.